The highest BCUT2D eigenvalue weighted by Gasteiger charge is 2.33. The molecule has 1 aliphatic rings. The zero-order valence-electron chi connectivity index (χ0n) is 11.6. The van der Waals surface area contributed by atoms with Crippen LogP contribution >= 0.6 is 0 Å². The highest BCUT2D eigenvalue weighted by Crippen LogP contribution is 2.14. The van der Waals surface area contributed by atoms with Crippen LogP contribution in [0.25, 0.3) is 0 Å². The molecular formula is C13H26N2O3. The van der Waals surface area contributed by atoms with Crippen molar-refractivity contribution in [2.24, 2.45) is 11.8 Å². The van der Waals surface area contributed by atoms with Crippen molar-refractivity contribution in [1.82, 2.24) is 10.6 Å². The van der Waals surface area contributed by atoms with Gasteiger partial charge in [-0.1, -0.05) is 20.8 Å². The van der Waals surface area contributed by atoms with Gasteiger partial charge in [0.2, 0.25) is 5.91 Å². The van der Waals surface area contributed by atoms with Gasteiger partial charge in [0, 0.05) is 12.6 Å². The van der Waals surface area contributed by atoms with Crippen molar-refractivity contribution in [1.29, 1.82) is 0 Å². The van der Waals surface area contributed by atoms with Crippen LogP contribution < -0.4 is 10.6 Å². The van der Waals surface area contributed by atoms with Gasteiger partial charge in [0.1, 0.15) is 0 Å². The Balaban J connectivity index is 2.35. The molecule has 5 heteroatoms. The summed E-state index contributed by atoms with van der Waals surface area (Å²) in [6.45, 7) is 8.22. The van der Waals surface area contributed by atoms with Gasteiger partial charge in [-0.15, -0.1) is 0 Å². The maximum Gasteiger partial charge on any atom is 0.227 e. The van der Waals surface area contributed by atoms with E-state index in [1.165, 1.54) is 0 Å². The van der Waals surface area contributed by atoms with Crippen LogP contribution in [0.5, 0.6) is 0 Å². The largest absolute Gasteiger partial charge is 0.391 e. The van der Waals surface area contributed by atoms with E-state index in [0.717, 1.165) is 13.0 Å². The fourth-order valence-electron chi connectivity index (χ4n) is 1.92. The number of amides is 1. The van der Waals surface area contributed by atoms with E-state index in [9.17, 15) is 9.90 Å². The van der Waals surface area contributed by atoms with Crippen LogP contribution in [0.3, 0.4) is 0 Å². The highest BCUT2D eigenvalue weighted by atomic mass is 16.5. The third-order valence-corrected chi connectivity index (χ3v) is 3.33. The predicted octanol–water partition coefficient (Wildman–Crippen LogP) is 0.134. The molecule has 1 aliphatic heterocycles. The van der Waals surface area contributed by atoms with Gasteiger partial charge in [0.25, 0.3) is 0 Å². The number of aliphatic hydroxyl groups is 1. The van der Waals surface area contributed by atoms with E-state index in [1.807, 2.05) is 13.8 Å². The van der Waals surface area contributed by atoms with Gasteiger partial charge in [-0.05, 0) is 18.9 Å². The van der Waals surface area contributed by atoms with Crippen molar-refractivity contribution in [2.75, 3.05) is 26.3 Å². The molecule has 5 nitrogen and oxygen atoms in total. The smallest absolute Gasteiger partial charge is 0.227 e. The molecular weight excluding hydrogens is 232 g/mol. The second kappa shape index (κ2) is 7.71. The molecule has 0 radical (unpaired) electrons. The molecule has 106 valence electrons. The van der Waals surface area contributed by atoms with Crippen molar-refractivity contribution in [3.63, 3.8) is 0 Å². The number of nitrogens with one attached hydrogen (secondary N) is 2. The second-order valence-corrected chi connectivity index (χ2v) is 5.26. The van der Waals surface area contributed by atoms with Crippen molar-refractivity contribution in [3.8, 4) is 0 Å². The van der Waals surface area contributed by atoms with E-state index in [-0.39, 0.29) is 23.8 Å². The molecule has 18 heavy (non-hydrogen) atoms. The number of rotatable bonds is 7. The van der Waals surface area contributed by atoms with Crippen molar-refractivity contribution in [2.45, 2.75) is 39.3 Å². The molecule has 3 unspecified atom stereocenters. The molecule has 3 atom stereocenters. The lowest BCUT2D eigenvalue weighted by atomic mass is 10.0. The maximum atomic E-state index is 12.0. The monoisotopic (exact) mass is 258 g/mol. The molecule has 1 fully saturated rings. The summed E-state index contributed by atoms with van der Waals surface area (Å²) in [4.78, 5) is 12.0. The first-order valence-electron chi connectivity index (χ1n) is 6.83. The minimum atomic E-state index is -0.488. The third-order valence-electron chi connectivity index (χ3n) is 3.33. The molecule has 0 spiro atoms. The van der Waals surface area contributed by atoms with Gasteiger partial charge in [0.15, 0.2) is 0 Å². The van der Waals surface area contributed by atoms with Crippen molar-refractivity contribution in [3.05, 3.63) is 0 Å². The van der Waals surface area contributed by atoms with Gasteiger partial charge in [-0.2, -0.15) is 0 Å². The van der Waals surface area contributed by atoms with Crippen LogP contribution in [-0.4, -0.2) is 49.5 Å². The van der Waals surface area contributed by atoms with E-state index in [0.29, 0.717) is 19.8 Å². The van der Waals surface area contributed by atoms with Crippen LogP contribution in [-0.2, 0) is 9.53 Å². The Morgan fingerprint density at radius 1 is 1.44 bits per heavy atom. The van der Waals surface area contributed by atoms with E-state index < -0.39 is 6.10 Å². The predicted molar refractivity (Wildman–Crippen MR) is 70.2 cm³/mol. The van der Waals surface area contributed by atoms with E-state index in [1.54, 1.807) is 0 Å². The number of hydrogen-bond acceptors (Lipinski definition) is 4. The van der Waals surface area contributed by atoms with Crippen molar-refractivity contribution >= 4 is 5.91 Å². The molecule has 0 bridgehead atoms. The zero-order valence-corrected chi connectivity index (χ0v) is 11.6. The van der Waals surface area contributed by atoms with Crippen LogP contribution in [0, 0.1) is 11.8 Å². The van der Waals surface area contributed by atoms with Gasteiger partial charge in [-0.3, -0.25) is 4.79 Å². The molecule has 0 aromatic rings. The van der Waals surface area contributed by atoms with E-state index in [2.05, 4.69) is 17.6 Å². The lowest BCUT2D eigenvalue weighted by molar-refractivity contribution is -0.126. The summed E-state index contributed by atoms with van der Waals surface area (Å²) >= 11 is 0. The summed E-state index contributed by atoms with van der Waals surface area (Å²) in [5, 5.41) is 15.8. The highest BCUT2D eigenvalue weighted by molar-refractivity contribution is 5.79. The first kappa shape index (κ1) is 15.4. The maximum absolute atomic E-state index is 12.0. The first-order chi connectivity index (χ1) is 8.56. The standard InChI is InChI=1S/C13H26N2O3/c1-4-5-14-11-8-18-7-10(11)13(17)15-6-12(16)9(2)3/h9-12,14,16H,4-8H2,1-3H3,(H,15,17). The van der Waals surface area contributed by atoms with Crippen LogP contribution in [0.1, 0.15) is 27.2 Å². The lowest BCUT2D eigenvalue weighted by Crippen LogP contribution is -2.46. The minimum Gasteiger partial charge on any atom is -0.391 e. The Morgan fingerprint density at radius 2 is 2.17 bits per heavy atom. The summed E-state index contributed by atoms with van der Waals surface area (Å²) in [7, 11) is 0. The normalized spacial score (nSPS) is 25.4. The summed E-state index contributed by atoms with van der Waals surface area (Å²) < 4.78 is 5.36. The summed E-state index contributed by atoms with van der Waals surface area (Å²) in [6, 6.07) is 0.0983. The number of carbonyl (C=O) groups is 1. The third kappa shape index (κ3) is 4.55. The number of aliphatic hydroxyl groups excluding tert-OH is 1. The number of hydrogen-bond donors (Lipinski definition) is 3. The Labute approximate surface area is 109 Å². The lowest BCUT2D eigenvalue weighted by Gasteiger charge is -2.20. The first-order valence-corrected chi connectivity index (χ1v) is 6.83. The van der Waals surface area contributed by atoms with Gasteiger partial charge in [-0.25, -0.2) is 0 Å². The number of carbonyl (C=O) groups excluding carboxylic acids is 1. The molecule has 1 heterocycles. The van der Waals surface area contributed by atoms with Crippen molar-refractivity contribution < 1.29 is 14.6 Å². The molecule has 1 amide bonds. The Hall–Kier alpha value is -0.650. The molecule has 0 aromatic carbocycles. The fraction of sp³-hybridized carbons (Fsp3) is 0.923. The zero-order chi connectivity index (χ0) is 13.5. The molecule has 3 N–H and O–H groups in total. The van der Waals surface area contributed by atoms with E-state index >= 15 is 0 Å². The van der Waals surface area contributed by atoms with Crippen LogP contribution in [0.15, 0.2) is 0 Å². The Kier molecular flexibility index (Phi) is 6.60. The van der Waals surface area contributed by atoms with Gasteiger partial charge >= 0.3 is 0 Å². The average molecular weight is 258 g/mol. The summed E-state index contributed by atoms with van der Waals surface area (Å²) in [5.41, 5.74) is 0. The quantitative estimate of drug-likeness (QED) is 0.607. The fourth-order valence-corrected chi connectivity index (χ4v) is 1.92. The van der Waals surface area contributed by atoms with Gasteiger partial charge in [0.05, 0.1) is 25.2 Å². The average Bonchev–Trinajstić information content (AvgIpc) is 2.81. The SMILES string of the molecule is CCCNC1COCC1C(=O)NCC(O)C(C)C. The molecule has 0 aliphatic carbocycles. The second-order valence-electron chi connectivity index (χ2n) is 5.26. The Bertz CT molecular complexity index is 259. The topological polar surface area (TPSA) is 70.6 Å². The Morgan fingerprint density at radius 3 is 2.78 bits per heavy atom. The van der Waals surface area contributed by atoms with Crippen LogP contribution in [0.2, 0.25) is 0 Å². The molecule has 1 saturated heterocycles. The van der Waals surface area contributed by atoms with E-state index in [4.69, 9.17) is 4.74 Å². The minimum absolute atomic E-state index is 0.0270. The number of ether oxygens (including phenoxy) is 1. The van der Waals surface area contributed by atoms with Crippen LogP contribution in [0.4, 0.5) is 0 Å². The van der Waals surface area contributed by atoms with Gasteiger partial charge < -0.3 is 20.5 Å². The molecule has 0 aromatic heterocycles. The molecule has 1 rings (SSSR count). The summed E-state index contributed by atoms with van der Waals surface area (Å²) in [5.74, 6) is -0.0177. The summed E-state index contributed by atoms with van der Waals surface area (Å²) in [6.07, 6.45) is 0.551. The molecule has 0 saturated carbocycles.